The molecule has 0 saturated carbocycles. The summed E-state index contributed by atoms with van der Waals surface area (Å²) in [7, 11) is 0. The van der Waals surface area contributed by atoms with E-state index in [1.54, 1.807) is 0 Å². The summed E-state index contributed by atoms with van der Waals surface area (Å²) in [5, 5.41) is 0. The minimum absolute atomic E-state index is 0.798. The van der Waals surface area contributed by atoms with Gasteiger partial charge in [-0.25, -0.2) is 9.97 Å². The van der Waals surface area contributed by atoms with Crippen LogP contribution in [0.15, 0.2) is 194 Å². The molecule has 2 N–H and O–H groups in total. The molecule has 0 bridgehead atoms. The Morgan fingerprint density at radius 3 is 0.893 bits per heavy atom. The lowest BCUT2D eigenvalue weighted by atomic mass is 10.0. The Labute approximate surface area is 326 Å². The van der Waals surface area contributed by atoms with Crippen molar-refractivity contribution >= 4 is 0 Å². The number of nitrogens with one attached hydrogen (secondary N) is 2. The number of nitrogens with zero attached hydrogens (tertiary/aromatic N) is 2. The quantitative estimate of drug-likeness (QED) is 0.169. The summed E-state index contributed by atoms with van der Waals surface area (Å²) in [4.78, 5) is 17.6. The summed E-state index contributed by atoms with van der Waals surface area (Å²) < 4.78 is 0. The smallest absolute Gasteiger partial charge is 0.138 e. The van der Waals surface area contributed by atoms with E-state index >= 15 is 0 Å². The Morgan fingerprint density at radius 1 is 0.268 bits per heavy atom. The van der Waals surface area contributed by atoms with E-state index in [0.717, 1.165) is 90.1 Å². The first-order valence-corrected chi connectivity index (χ1v) is 18.5. The minimum atomic E-state index is 0.798. The zero-order valence-electron chi connectivity index (χ0n) is 30.4. The number of aromatic amines is 2. The first kappa shape index (κ1) is 33.9. The van der Waals surface area contributed by atoms with Crippen LogP contribution in [0.1, 0.15) is 22.3 Å². The number of benzene rings is 7. The second kappa shape index (κ2) is 15.6. The molecule has 0 aliphatic rings. The lowest BCUT2D eigenvalue weighted by Crippen LogP contribution is -1.86. The van der Waals surface area contributed by atoms with E-state index in [0.29, 0.717) is 0 Å². The average Bonchev–Trinajstić information content (AvgIpc) is 3.93. The van der Waals surface area contributed by atoms with E-state index in [9.17, 15) is 0 Å². The summed E-state index contributed by atoms with van der Waals surface area (Å²) in [6, 6.07) is 65.7. The van der Waals surface area contributed by atoms with Crippen molar-refractivity contribution in [2.45, 2.75) is 0 Å². The van der Waals surface area contributed by atoms with Gasteiger partial charge in [0.2, 0.25) is 0 Å². The van der Waals surface area contributed by atoms with Crippen LogP contribution in [-0.2, 0) is 0 Å². The van der Waals surface area contributed by atoms with Crippen molar-refractivity contribution in [3.05, 3.63) is 216 Å². The summed E-state index contributed by atoms with van der Waals surface area (Å²) in [6.07, 6.45) is 0. The van der Waals surface area contributed by atoms with E-state index < -0.39 is 0 Å². The molecule has 7 aromatic carbocycles. The monoisotopic (exact) mass is 714 g/mol. The topological polar surface area (TPSA) is 57.4 Å². The van der Waals surface area contributed by atoms with Gasteiger partial charge in [-0.05, 0) is 48.5 Å². The van der Waals surface area contributed by atoms with Crippen LogP contribution in [0.2, 0.25) is 0 Å². The van der Waals surface area contributed by atoms with Gasteiger partial charge in [-0.15, -0.1) is 0 Å². The van der Waals surface area contributed by atoms with Gasteiger partial charge in [0.15, 0.2) is 0 Å². The second-order valence-corrected chi connectivity index (χ2v) is 13.3. The summed E-state index contributed by atoms with van der Waals surface area (Å²) >= 11 is 0. The minimum Gasteiger partial charge on any atom is -0.337 e. The molecule has 4 heteroatoms. The van der Waals surface area contributed by atoms with Crippen molar-refractivity contribution in [3.63, 3.8) is 0 Å². The van der Waals surface area contributed by atoms with Crippen molar-refractivity contribution in [2.75, 3.05) is 0 Å². The lowest BCUT2D eigenvalue weighted by molar-refractivity contribution is 1.30. The first-order valence-electron chi connectivity index (χ1n) is 18.5. The van der Waals surface area contributed by atoms with Gasteiger partial charge in [-0.2, -0.15) is 0 Å². The summed E-state index contributed by atoms with van der Waals surface area (Å²) in [5.74, 6) is 14.6. The second-order valence-electron chi connectivity index (χ2n) is 13.3. The molecule has 0 saturated heterocycles. The van der Waals surface area contributed by atoms with Crippen molar-refractivity contribution < 1.29 is 0 Å². The molecule has 0 spiro atoms. The Bertz CT molecular complexity index is 2650. The predicted molar refractivity (Wildman–Crippen MR) is 228 cm³/mol. The zero-order valence-corrected chi connectivity index (χ0v) is 30.4. The molecule has 2 heterocycles. The molecule has 0 unspecified atom stereocenters. The molecule has 0 aliphatic carbocycles. The predicted octanol–water partition coefficient (Wildman–Crippen LogP) is 11.9. The maximum Gasteiger partial charge on any atom is 0.138 e. The Balaban J connectivity index is 1.04. The maximum absolute atomic E-state index is 5.14. The van der Waals surface area contributed by atoms with E-state index in [-0.39, 0.29) is 0 Å². The van der Waals surface area contributed by atoms with Gasteiger partial charge < -0.3 is 9.97 Å². The highest BCUT2D eigenvalue weighted by molar-refractivity contribution is 5.85. The molecule has 0 amide bonds. The van der Waals surface area contributed by atoms with Crippen LogP contribution < -0.4 is 0 Å². The SMILES string of the molecule is C(#Cc1ccc(-c2nc(-c3ccccc3)c(-c3ccc(-c4[nH]c(-c5ccc(C#Cc6ccccc6)cc5)nc4-c4ccccc4)cc3)[nH]2)cc1)c1ccccc1. The Kier molecular flexibility index (Phi) is 9.43. The normalized spacial score (nSPS) is 10.6. The van der Waals surface area contributed by atoms with Gasteiger partial charge in [-0.1, -0.05) is 169 Å². The van der Waals surface area contributed by atoms with Gasteiger partial charge >= 0.3 is 0 Å². The van der Waals surface area contributed by atoms with Crippen LogP contribution >= 0.6 is 0 Å². The van der Waals surface area contributed by atoms with Crippen LogP contribution in [0.4, 0.5) is 0 Å². The van der Waals surface area contributed by atoms with Crippen LogP contribution in [0.3, 0.4) is 0 Å². The van der Waals surface area contributed by atoms with E-state index in [1.807, 2.05) is 121 Å². The van der Waals surface area contributed by atoms with E-state index in [1.165, 1.54) is 0 Å². The fraction of sp³-hybridized carbons (Fsp3) is 0. The standard InChI is InChI=1S/C52H34N4/c1-5-13-37(14-6-1)21-23-39-25-29-45(30-26-39)51-53-47(41-17-9-3-10-18-41)49(55-51)43-33-35-44(36-34-43)50-48(42-19-11-4-12-20-42)54-52(56-50)46-31-27-40(28-32-46)24-22-38-15-7-2-8-16-38/h1-20,25-36H,(H,53,55)(H,54,56). The molecule has 262 valence electrons. The molecule has 2 aromatic heterocycles. The van der Waals surface area contributed by atoms with Gasteiger partial charge in [0.1, 0.15) is 11.6 Å². The fourth-order valence-electron chi connectivity index (χ4n) is 6.61. The highest BCUT2D eigenvalue weighted by Gasteiger charge is 2.18. The van der Waals surface area contributed by atoms with Crippen molar-refractivity contribution in [3.8, 4) is 91.5 Å². The third-order valence-electron chi connectivity index (χ3n) is 9.53. The molecule has 0 fully saturated rings. The number of imidazole rings is 2. The van der Waals surface area contributed by atoms with Gasteiger partial charge in [0.05, 0.1) is 22.8 Å². The number of hydrogen-bond donors (Lipinski definition) is 2. The van der Waals surface area contributed by atoms with Gasteiger partial charge in [0, 0.05) is 55.6 Å². The first-order chi connectivity index (χ1) is 27.7. The molecular weight excluding hydrogens is 681 g/mol. The summed E-state index contributed by atoms with van der Waals surface area (Å²) in [6.45, 7) is 0. The number of aromatic nitrogens is 4. The number of hydrogen-bond acceptors (Lipinski definition) is 2. The van der Waals surface area contributed by atoms with Crippen molar-refractivity contribution in [2.24, 2.45) is 0 Å². The third kappa shape index (κ3) is 7.45. The largest absolute Gasteiger partial charge is 0.337 e. The number of H-pyrrole nitrogens is 2. The highest BCUT2D eigenvalue weighted by Crippen LogP contribution is 2.37. The molecule has 0 radical (unpaired) electrons. The molecule has 56 heavy (non-hydrogen) atoms. The van der Waals surface area contributed by atoms with E-state index in [4.69, 9.17) is 9.97 Å². The maximum atomic E-state index is 5.14. The lowest BCUT2D eigenvalue weighted by Gasteiger charge is -2.07. The van der Waals surface area contributed by atoms with Gasteiger partial charge in [0.25, 0.3) is 0 Å². The van der Waals surface area contributed by atoms with E-state index in [2.05, 4.69) is 106 Å². The average molecular weight is 715 g/mol. The Hall–Kier alpha value is -7.92. The zero-order chi connectivity index (χ0) is 37.5. The molecule has 4 nitrogen and oxygen atoms in total. The van der Waals surface area contributed by atoms with Gasteiger partial charge in [-0.3, -0.25) is 0 Å². The summed E-state index contributed by atoms with van der Waals surface area (Å²) in [5.41, 5.74) is 13.7. The van der Waals surface area contributed by atoms with Crippen LogP contribution in [-0.4, -0.2) is 19.9 Å². The molecular formula is C52H34N4. The molecule has 0 aliphatic heterocycles. The third-order valence-corrected chi connectivity index (χ3v) is 9.53. The molecule has 0 atom stereocenters. The van der Waals surface area contributed by atoms with Crippen molar-refractivity contribution in [1.29, 1.82) is 0 Å². The molecule has 9 aromatic rings. The van der Waals surface area contributed by atoms with Crippen molar-refractivity contribution in [1.82, 2.24) is 19.9 Å². The fourth-order valence-corrected chi connectivity index (χ4v) is 6.61. The number of rotatable bonds is 6. The Morgan fingerprint density at radius 2 is 0.554 bits per heavy atom. The highest BCUT2D eigenvalue weighted by atomic mass is 14.9. The molecule has 9 rings (SSSR count). The van der Waals surface area contributed by atoms with Crippen LogP contribution in [0, 0.1) is 23.7 Å². The van der Waals surface area contributed by atoms with Crippen LogP contribution in [0.25, 0.3) is 67.8 Å². The van der Waals surface area contributed by atoms with Crippen LogP contribution in [0.5, 0.6) is 0 Å².